The molecule has 0 radical (unpaired) electrons. The summed E-state index contributed by atoms with van der Waals surface area (Å²) in [4.78, 5) is 6.37. The third kappa shape index (κ3) is 6.91. The highest BCUT2D eigenvalue weighted by Crippen LogP contribution is 2.11. The fourth-order valence-corrected chi connectivity index (χ4v) is 2.07. The van der Waals surface area contributed by atoms with E-state index in [4.69, 9.17) is 4.74 Å². The summed E-state index contributed by atoms with van der Waals surface area (Å²) in [6, 6.07) is 5.08. The van der Waals surface area contributed by atoms with Gasteiger partial charge in [-0.1, -0.05) is 19.4 Å². The van der Waals surface area contributed by atoms with E-state index in [1.807, 2.05) is 13.1 Å². The Kier molecular flexibility index (Phi) is 11.2. The summed E-state index contributed by atoms with van der Waals surface area (Å²) >= 11 is 0. The molecule has 0 amide bonds. The molecule has 0 saturated heterocycles. The SMILES string of the molecule is CCCCN(C)C(=NC)NCc1ccc(F)c(COC)c1.I. The third-order valence-electron chi connectivity index (χ3n) is 3.28. The van der Waals surface area contributed by atoms with Gasteiger partial charge in [-0.15, -0.1) is 24.0 Å². The van der Waals surface area contributed by atoms with E-state index < -0.39 is 0 Å². The lowest BCUT2D eigenvalue weighted by Crippen LogP contribution is -2.38. The first-order valence-corrected chi connectivity index (χ1v) is 7.30. The van der Waals surface area contributed by atoms with Gasteiger partial charge in [0.1, 0.15) is 5.82 Å². The van der Waals surface area contributed by atoms with E-state index in [-0.39, 0.29) is 36.4 Å². The van der Waals surface area contributed by atoms with Gasteiger partial charge in [-0.3, -0.25) is 4.99 Å². The molecule has 0 bridgehead atoms. The molecule has 0 unspecified atom stereocenters. The molecule has 1 aromatic carbocycles. The summed E-state index contributed by atoms with van der Waals surface area (Å²) in [5.74, 6) is 0.617. The molecule has 1 N–H and O–H groups in total. The molecule has 126 valence electrons. The Morgan fingerprint density at radius 3 is 2.73 bits per heavy atom. The van der Waals surface area contributed by atoms with Crippen LogP contribution in [0.4, 0.5) is 4.39 Å². The van der Waals surface area contributed by atoms with Crippen LogP contribution in [-0.4, -0.2) is 38.6 Å². The van der Waals surface area contributed by atoms with Gasteiger partial charge < -0.3 is 15.0 Å². The molecule has 0 saturated carbocycles. The minimum atomic E-state index is -0.231. The summed E-state index contributed by atoms with van der Waals surface area (Å²) in [5, 5.41) is 3.30. The highest BCUT2D eigenvalue weighted by Gasteiger charge is 2.07. The number of guanidine groups is 1. The molecule has 0 spiro atoms. The highest BCUT2D eigenvalue weighted by molar-refractivity contribution is 14.0. The number of rotatable bonds is 7. The van der Waals surface area contributed by atoms with Crippen LogP contribution in [0.15, 0.2) is 23.2 Å². The maximum absolute atomic E-state index is 13.6. The third-order valence-corrected chi connectivity index (χ3v) is 3.28. The second-order valence-electron chi connectivity index (χ2n) is 5.03. The van der Waals surface area contributed by atoms with E-state index in [9.17, 15) is 4.39 Å². The van der Waals surface area contributed by atoms with Crippen molar-refractivity contribution in [2.75, 3.05) is 27.7 Å². The molecule has 0 heterocycles. The second kappa shape index (κ2) is 11.6. The zero-order valence-corrected chi connectivity index (χ0v) is 16.2. The zero-order chi connectivity index (χ0) is 15.7. The van der Waals surface area contributed by atoms with Crippen molar-refractivity contribution in [3.63, 3.8) is 0 Å². The van der Waals surface area contributed by atoms with E-state index in [2.05, 4.69) is 22.1 Å². The van der Waals surface area contributed by atoms with Crippen molar-refractivity contribution in [3.05, 3.63) is 35.1 Å². The molecule has 0 atom stereocenters. The van der Waals surface area contributed by atoms with E-state index in [1.165, 1.54) is 6.07 Å². The van der Waals surface area contributed by atoms with Crippen molar-refractivity contribution in [2.24, 2.45) is 4.99 Å². The first-order chi connectivity index (χ1) is 10.1. The number of halogens is 2. The highest BCUT2D eigenvalue weighted by atomic mass is 127. The van der Waals surface area contributed by atoms with E-state index in [0.717, 1.165) is 30.9 Å². The number of ether oxygens (including phenoxy) is 1. The van der Waals surface area contributed by atoms with Crippen LogP contribution in [0.3, 0.4) is 0 Å². The number of hydrogen-bond acceptors (Lipinski definition) is 2. The van der Waals surface area contributed by atoms with Crippen LogP contribution < -0.4 is 5.32 Å². The largest absolute Gasteiger partial charge is 0.380 e. The molecule has 22 heavy (non-hydrogen) atoms. The Labute approximate surface area is 150 Å². The van der Waals surface area contributed by atoms with E-state index in [0.29, 0.717) is 12.1 Å². The van der Waals surface area contributed by atoms with Gasteiger partial charge in [-0.2, -0.15) is 0 Å². The number of benzene rings is 1. The molecule has 0 aliphatic heterocycles. The topological polar surface area (TPSA) is 36.9 Å². The Balaban J connectivity index is 0.00000441. The molecule has 0 aliphatic carbocycles. The van der Waals surface area contributed by atoms with Gasteiger partial charge in [0.25, 0.3) is 0 Å². The lowest BCUT2D eigenvalue weighted by atomic mass is 10.1. The smallest absolute Gasteiger partial charge is 0.193 e. The summed E-state index contributed by atoms with van der Waals surface area (Å²) in [6.07, 6.45) is 2.28. The Bertz CT molecular complexity index is 469. The molecule has 0 fully saturated rings. The normalized spacial score (nSPS) is 11.0. The fourth-order valence-electron chi connectivity index (χ4n) is 2.07. The van der Waals surface area contributed by atoms with Crippen LogP contribution in [0.2, 0.25) is 0 Å². The maximum atomic E-state index is 13.6. The summed E-state index contributed by atoms with van der Waals surface area (Å²) in [7, 11) is 5.35. The molecular formula is C16H27FIN3O. The molecule has 6 heteroatoms. The average molecular weight is 423 g/mol. The minimum absolute atomic E-state index is 0. The van der Waals surface area contributed by atoms with Gasteiger partial charge in [-0.05, 0) is 24.1 Å². The molecule has 1 rings (SSSR count). The quantitative estimate of drug-likeness (QED) is 0.415. The Morgan fingerprint density at radius 2 is 2.14 bits per heavy atom. The van der Waals surface area contributed by atoms with Gasteiger partial charge in [0, 0.05) is 39.9 Å². The van der Waals surface area contributed by atoms with Crippen molar-refractivity contribution in [1.82, 2.24) is 10.2 Å². The van der Waals surface area contributed by atoms with Gasteiger partial charge >= 0.3 is 0 Å². The van der Waals surface area contributed by atoms with Gasteiger partial charge in [-0.25, -0.2) is 4.39 Å². The van der Waals surface area contributed by atoms with Crippen molar-refractivity contribution in [3.8, 4) is 0 Å². The Hall–Kier alpha value is -0.890. The van der Waals surface area contributed by atoms with E-state index >= 15 is 0 Å². The molecule has 4 nitrogen and oxygen atoms in total. The van der Waals surface area contributed by atoms with Crippen molar-refractivity contribution in [2.45, 2.75) is 32.9 Å². The number of nitrogens with one attached hydrogen (secondary N) is 1. The van der Waals surface area contributed by atoms with Gasteiger partial charge in [0.2, 0.25) is 0 Å². The average Bonchev–Trinajstić information content (AvgIpc) is 2.49. The van der Waals surface area contributed by atoms with E-state index in [1.54, 1.807) is 20.2 Å². The van der Waals surface area contributed by atoms with Crippen molar-refractivity contribution >= 4 is 29.9 Å². The van der Waals surface area contributed by atoms with Crippen LogP contribution in [-0.2, 0) is 17.9 Å². The molecule has 1 aromatic rings. The number of unbranched alkanes of at least 4 members (excludes halogenated alkanes) is 1. The standard InChI is InChI=1S/C16H26FN3O.HI/c1-5-6-9-20(3)16(18-2)19-11-13-7-8-15(17)14(10-13)12-21-4;/h7-8,10H,5-6,9,11-12H2,1-4H3,(H,18,19);1H. The van der Waals surface area contributed by atoms with Gasteiger partial charge in [0.15, 0.2) is 5.96 Å². The number of hydrogen-bond donors (Lipinski definition) is 1. The first kappa shape index (κ1) is 21.1. The van der Waals surface area contributed by atoms with Crippen molar-refractivity contribution < 1.29 is 9.13 Å². The zero-order valence-electron chi connectivity index (χ0n) is 13.9. The van der Waals surface area contributed by atoms with Crippen LogP contribution in [0.1, 0.15) is 30.9 Å². The molecule has 0 aromatic heterocycles. The summed E-state index contributed by atoms with van der Waals surface area (Å²) in [6.45, 7) is 4.03. The maximum Gasteiger partial charge on any atom is 0.193 e. The Morgan fingerprint density at radius 1 is 1.41 bits per heavy atom. The predicted octanol–water partition coefficient (Wildman–Crippen LogP) is 3.40. The van der Waals surface area contributed by atoms with Crippen LogP contribution in [0, 0.1) is 5.82 Å². The summed E-state index contributed by atoms with van der Waals surface area (Å²) < 4.78 is 18.6. The number of nitrogens with zero attached hydrogens (tertiary/aromatic N) is 2. The van der Waals surface area contributed by atoms with Crippen LogP contribution in [0.5, 0.6) is 0 Å². The lowest BCUT2D eigenvalue weighted by Gasteiger charge is -2.22. The van der Waals surface area contributed by atoms with Crippen LogP contribution >= 0.6 is 24.0 Å². The lowest BCUT2D eigenvalue weighted by molar-refractivity contribution is 0.181. The number of methoxy groups -OCH3 is 1. The van der Waals surface area contributed by atoms with Crippen LogP contribution in [0.25, 0.3) is 0 Å². The minimum Gasteiger partial charge on any atom is -0.380 e. The monoisotopic (exact) mass is 423 g/mol. The predicted molar refractivity (Wildman–Crippen MR) is 100 cm³/mol. The number of aliphatic imine (C=N–C) groups is 1. The first-order valence-electron chi connectivity index (χ1n) is 7.30. The summed E-state index contributed by atoms with van der Waals surface area (Å²) in [5.41, 5.74) is 1.58. The molecule has 0 aliphatic rings. The van der Waals surface area contributed by atoms with Gasteiger partial charge in [0.05, 0.1) is 6.61 Å². The fraction of sp³-hybridized carbons (Fsp3) is 0.562. The van der Waals surface area contributed by atoms with Crippen molar-refractivity contribution in [1.29, 1.82) is 0 Å². The molecular weight excluding hydrogens is 396 g/mol. The second-order valence-corrected chi connectivity index (χ2v) is 5.03.